The molecule has 3 saturated heterocycles. The Morgan fingerprint density at radius 2 is 1.74 bits per heavy atom. The molecular weight excluding hydrogens is 381 g/mol. The van der Waals surface area contributed by atoms with E-state index >= 15 is 0 Å². The van der Waals surface area contributed by atoms with E-state index < -0.39 is 22.6 Å². The Morgan fingerprint density at radius 3 is 2.30 bits per heavy atom. The number of hydrogen-bond donors (Lipinski definition) is 0. The summed E-state index contributed by atoms with van der Waals surface area (Å²) in [5, 5.41) is 0.121. The summed E-state index contributed by atoms with van der Waals surface area (Å²) in [6.45, 7) is 3.51. The number of carbonyl (C=O) groups is 2. The number of ether oxygens (including phenoxy) is 1. The molecule has 2 aromatic rings. The molecule has 3 aliphatic rings. The predicted molar refractivity (Wildman–Crippen MR) is 91.2 cm³/mol. The zero-order chi connectivity index (χ0) is 19.4. The fourth-order valence-electron chi connectivity index (χ4n) is 4.79. The van der Waals surface area contributed by atoms with Crippen molar-refractivity contribution in [3.05, 3.63) is 23.8 Å². The molecule has 0 radical (unpaired) electrons. The second-order valence-electron chi connectivity index (χ2n) is 7.72. The van der Waals surface area contributed by atoms with Gasteiger partial charge in [-0.2, -0.15) is 13.2 Å². The quantitative estimate of drug-likeness (QED) is 0.689. The van der Waals surface area contributed by atoms with Crippen molar-refractivity contribution < 1.29 is 27.5 Å². The van der Waals surface area contributed by atoms with E-state index in [1.54, 1.807) is 13.8 Å². The van der Waals surface area contributed by atoms with Gasteiger partial charge in [-0.05, 0) is 44.9 Å². The first-order chi connectivity index (χ1) is 12.6. The van der Waals surface area contributed by atoms with Crippen LogP contribution in [0.4, 0.5) is 18.3 Å². The number of amides is 2. The van der Waals surface area contributed by atoms with E-state index in [0.29, 0.717) is 5.52 Å². The van der Waals surface area contributed by atoms with Crippen LogP contribution in [0.2, 0.25) is 0 Å². The Balaban J connectivity index is 1.61. The summed E-state index contributed by atoms with van der Waals surface area (Å²) in [4.78, 5) is 31.8. The number of anilines is 1. The summed E-state index contributed by atoms with van der Waals surface area (Å²) in [5.41, 5.74) is -2.40. The largest absolute Gasteiger partial charge is 0.416 e. The third-order valence-corrected chi connectivity index (χ3v) is 7.58. The lowest BCUT2D eigenvalue weighted by Crippen LogP contribution is -2.48. The number of fused-ring (bicyclic) bond motifs is 6. The lowest BCUT2D eigenvalue weighted by molar-refractivity contribution is -0.137. The van der Waals surface area contributed by atoms with Gasteiger partial charge in [0.15, 0.2) is 5.13 Å². The van der Waals surface area contributed by atoms with E-state index in [1.165, 1.54) is 6.07 Å². The molecule has 5 rings (SSSR count). The number of carbonyl (C=O) groups excluding carboxylic acids is 2. The van der Waals surface area contributed by atoms with Crippen LogP contribution in [-0.2, 0) is 20.5 Å². The predicted octanol–water partition coefficient (Wildman–Crippen LogP) is 3.76. The maximum atomic E-state index is 13.2. The highest BCUT2D eigenvalue weighted by atomic mass is 32.1. The Kier molecular flexibility index (Phi) is 3.10. The summed E-state index contributed by atoms with van der Waals surface area (Å²) in [7, 11) is 0. The van der Waals surface area contributed by atoms with E-state index in [0.717, 1.165) is 41.2 Å². The van der Waals surface area contributed by atoms with Crippen LogP contribution in [0, 0.1) is 10.8 Å². The molecule has 1 aromatic heterocycles. The maximum absolute atomic E-state index is 13.2. The number of benzene rings is 1. The van der Waals surface area contributed by atoms with Crippen LogP contribution in [0.25, 0.3) is 10.2 Å². The second-order valence-corrected chi connectivity index (χ2v) is 8.73. The van der Waals surface area contributed by atoms with Crippen LogP contribution in [0.15, 0.2) is 18.2 Å². The van der Waals surface area contributed by atoms with Gasteiger partial charge in [0.1, 0.15) is 0 Å². The van der Waals surface area contributed by atoms with Crippen molar-refractivity contribution in [1.29, 1.82) is 0 Å². The van der Waals surface area contributed by atoms with Crippen molar-refractivity contribution in [2.75, 3.05) is 4.90 Å². The lowest BCUT2D eigenvalue weighted by atomic mass is 9.59. The van der Waals surface area contributed by atoms with Crippen molar-refractivity contribution in [3.63, 3.8) is 0 Å². The van der Waals surface area contributed by atoms with Gasteiger partial charge < -0.3 is 4.74 Å². The smallest absolute Gasteiger partial charge is 0.373 e. The summed E-state index contributed by atoms with van der Waals surface area (Å²) in [6, 6.07) is 3.21. The second kappa shape index (κ2) is 4.88. The van der Waals surface area contributed by atoms with Crippen LogP contribution < -0.4 is 4.90 Å². The third kappa shape index (κ3) is 1.86. The molecule has 9 heteroatoms. The monoisotopic (exact) mass is 396 g/mol. The zero-order valence-electron chi connectivity index (χ0n) is 14.5. The molecule has 2 amide bonds. The van der Waals surface area contributed by atoms with Gasteiger partial charge in [0.25, 0.3) is 0 Å². The van der Waals surface area contributed by atoms with Gasteiger partial charge in [-0.3, -0.25) is 9.59 Å². The number of alkyl halides is 3. The van der Waals surface area contributed by atoms with Crippen molar-refractivity contribution in [1.82, 2.24) is 4.98 Å². The van der Waals surface area contributed by atoms with E-state index in [4.69, 9.17) is 4.74 Å². The SMILES string of the molecule is C[C@@]12C(=O)N(c3nc4ccc(C(F)(F)F)cc4s3)C(=O)[C@]1(C)[C@@H]1CC[C@H]2O1. The highest BCUT2D eigenvalue weighted by molar-refractivity contribution is 7.22. The molecule has 3 fully saturated rings. The molecule has 2 bridgehead atoms. The molecule has 27 heavy (non-hydrogen) atoms. The molecule has 3 aliphatic heterocycles. The number of imide groups is 1. The van der Waals surface area contributed by atoms with E-state index in [9.17, 15) is 22.8 Å². The van der Waals surface area contributed by atoms with E-state index in [1.807, 2.05) is 0 Å². The van der Waals surface area contributed by atoms with Crippen LogP contribution in [-0.4, -0.2) is 29.0 Å². The molecule has 0 aliphatic carbocycles. The first-order valence-corrected chi connectivity index (χ1v) is 9.42. The normalized spacial score (nSPS) is 35.5. The fourth-order valence-corrected chi connectivity index (χ4v) is 5.79. The van der Waals surface area contributed by atoms with Crippen molar-refractivity contribution >= 4 is 38.5 Å². The number of hydrogen-bond acceptors (Lipinski definition) is 5. The van der Waals surface area contributed by atoms with Crippen LogP contribution in [0.5, 0.6) is 0 Å². The molecule has 4 atom stereocenters. The fraction of sp³-hybridized carbons (Fsp3) is 0.500. The summed E-state index contributed by atoms with van der Waals surface area (Å²) in [5.74, 6) is -0.755. The number of thiazole rings is 1. The Hall–Kier alpha value is -2.00. The van der Waals surface area contributed by atoms with Crippen LogP contribution in [0.3, 0.4) is 0 Å². The Bertz CT molecular complexity index is 985. The average molecular weight is 396 g/mol. The first-order valence-electron chi connectivity index (χ1n) is 8.60. The molecule has 0 saturated carbocycles. The van der Waals surface area contributed by atoms with Gasteiger partial charge in [-0.25, -0.2) is 9.88 Å². The van der Waals surface area contributed by atoms with Gasteiger partial charge in [0.05, 0.1) is 38.8 Å². The van der Waals surface area contributed by atoms with E-state index in [-0.39, 0.29) is 33.9 Å². The Morgan fingerprint density at radius 1 is 1.15 bits per heavy atom. The lowest BCUT2D eigenvalue weighted by Gasteiger charge is -2.36. The first kappa shape index (κ1) is 17.1. The summed E-state index contributed by atoms with van der Waals surface area (Å²) < 4.78 is 45.0. The average Bonchev–Trinajstić information content (AvgIpc) is 3.31. The van der Waals surface area contributed by atoms with Gasteiger partial charge in [0.2, 0.25) is 11.8 Å². The van der Waals surface area contributed by atoms with Gasteiger partial charge in [-0.15, -0.1) is 0 Å². The number of rotatable bonds is 1. The number of halogens is 3. The third-order valence-electron chi connectivity index (χ3n) is 6.58. The van der Waals surface area contributed by atoms with Crippen LogP contribution in [0.1, 0.15) is 32.3 Å². The molecule has 4 heterocycles. The van der Waals surface area contributed by atoms with Crippen molar-refractivity contribution in [3.8, 4) is 0 Å². The van der Waals surface area contributed by atoms with Crippen LogP contribution >= 0.6 is 11.3 Å². The summed E-state index contributed by atoms with van der Waals surface area (Å²) >= 11 is 0.924. The minimum atomic E-state index is -4.47. The van der Waals surface area contributed by atoms with Gasteiger partial charge >= 0.3 is 6.18 Å². The molecule has 0 spiro atoms. The zero-order valence-corrected chi connectivity index (χ0v) is 15.3. The molecule has 5 nitrogen and oxygen atoms in total. The van der Waals surface area contributed by atoms with Gasteiger partial charge in [0, 0.05) is 0 Å². The molecular formula is C18H15F3N2O3S. The topological polar surface area (TPSA) is 59.5 Å². The van der Waals surface area contributed by atoms with Gasteiger partial charge in [-0.1, -0.05) is 11.3 Å². The minimum absolute atomic E-state index is 0.121. The molecule has 1 aromatic carbocycles. The van der Waals surface area contributed by atoms with Crippen molar-refractivity contribution in [2.24, 2.45) is 10.8 Å². The molecule has 0 unspecified atom stereocenters. The Labute approximate surface area is 156 Å². The highest BCUT2D eigenvalue weighted by Gasteiger charge is 2.77. The maximum Gasteiger partial charge on any atom is 0.416 e. The molecule has 142 valence electrons. The highest BCUT2D eigenvalue weighted by Crippen LogP contribution is 2.64. The number of nitrogens with zero attached hydrogens (tertiary/aromatic N) is 2. The van der Waals surface area contributed by atoms with E-state index in [2.05, 4.69) is 4.98 Å². The number of aromatic nitrogens is 1. The standard InChI is InChI=1S/C18H15F3N2O3S/c1-16-11-5-6-12(26-11)17(16,2)14(25)23(13(16)24)15-22-9-4-3-8(18(19,20)21)7-10(9)27-15/h3-4,7,11-12H,5-6H2,1-2H3/t11-,12+,16-,17+. The minimum Gasteiger partial charge on any atom is -0.373 e. The van der Waals surface area contributed by atoms with Crippen molar-refractivity contribution in [2.45, 2.75) is 45.1 Å². The summed E-state index contributed by atoms with van der Waals surface area (Å²) in [6.07, 6.45) is -3.66. The molecule has 0 N–H and O–H groups in total.